The Hall–Kier alpha value is -2.66. The third kappa shape index (κ3) is 3.78. The molecule has 0 aliphatic heterocycles. The number of aromatic nitrogens is 1. The van der Waals surface area contributed by atoms with E-state index in [1.54, 1.807) is 11.3 Å². The predicted octanol–water partition coefficient (Wildman–Crippen LogP) is 4.99. The van der Waals surface area contributed by atoms with E-state index in [1.807, 2.05) is 61.5 Å². The number of hydrogen-bond acceptors (Lipinski definition) is 4. The first-order chi connectivity index (χ1) is 12.7. The average Bonchev–Trinajstić information content (AvgIpc) is 3.03. The Morgan fingerprint density at radius 1 is 1.12 bits per heavy atom. The highest BCUT2D eigenvalue weighted by Gasteiger charge is 2.27. The van der Waals surface area contributed by atoms with Gasteiger partial charge < -0.3 is 10.1 Å². The lowest BCUT2D eigenvalue weighted by atomic mass is 9.90. The maximum atomic E-state index is 12.6. The molecule has 1 unspecified atom stereocenters. The van der Waals surface area contributed by atoms with Crippen molar-refractivity contribution < 1.29 is 9.53 Å². The fraction of sp³-hybridized carbons (Fsp3) is 0.238. The lowest BCUT2D eigenvalue weighted by Gasteiger charge is -2.20. The number of hydrogen-bond donors (Lipinski definition) is 1. The van der Waals surface area contributed by atoms with Crippen LogP contribution in [0.4, 0.5) is 5.69 Å². The van der Waals surface area contributed by atoms with Crippen LogP contribution in [-0.2, 0) is 17.6 Å². The van der Waals surface area contributed by atoms with Gasteiger partial charge in [0.25, 0.3) is 0 Å². The van der Waals surface area contributed by atoms with E-state index in [0.717, 1.165) is 41.5 Å². The fourth-order valence-electron chi connectivity index (χ4n) is 3.20. The van der Waals surface area contributed by atoms with E-state index in [1.165, 1.54) is 10.6 Å². The van der Waals surface area contributed by atoms with Crippen LogP contribution in [0.1, 0.15) is 22.0 Å². The molecule has 1 aromatic heterocycles. The van der Waals surface area contributed by atoms with Gasteiger partial charge in [0.2, 0.25) is 5.91 Å². The lowest BCUT2D eigenvalue weighted by Crippen LogP contribution is -2.27. The van der Waals surface area contributed by atoms with Crippen molar-refractivity contribution in [3.8, 4) is 11.5 Å². The fourth-order valence-corrected chi connectivity index (χ4v) is 4.27. The second-order valence-electron chi connectivity index (χ2n) is 6.47. The molecule has 1 atom stereocenters. The zero-order chi connectivity index (χ0) is 17.9. The summed E-state index contributed by atoms with van der Waals surface area (Å²) in [6, 6.07) is 17.1. The van der Waals surface area contributed by atoms with Crippen LogP contribution in [0.2, 0.25) is 0 Å². The Kier molecular flexibility index (Phi) is 4.71. The molecule has 1 amide bonds. The number of carbonyl (C=O) groups excluding carboxylic acids is 1. The predicted molar refractivity (Wildman–Crippen MR) is 104 cm³/mol. The summed E-state index contributed by atoms with van der Waals surface area (Å²) in [5.74, 6) is 1.64. The highest BCUT2D eigenvalue weighted by atomic mass is 32.1. The minimum Gasteiger partial charge on any atom is -0.457 e. The number of anilines is 1. The van der Waals surface area contributed by atoms with Crippen molar-refractivity contribution in [2.45, 2.75) is 26.2 Å². The molecule has 4 rings (SSSR count). The molecule has 1 heterocycles. The summed E-state index contributed by atoms with van der Waals surface area (Å²) in [5.41, 5.74) is 1.97. The first-order valence-electron chi connectivity index (χ1n) is 8.76. The Morgan fingerprint density at radius 3 is 2.62 bits per heavy atom. The molecule has 3 aromatic rings. The second kappa shape index (κ2) is 7.30. The molecule has 2 aromatic carbocycles. The maximum absolute atomic E-state index is 12.6. The van der Waals surface area contributed by atoms with Gasteiger partial charge >= 0.3 is 0 Å². The van der Waals surface area contributed by atoms with Gasteiger partial charge in [0.15, 0.2) is 0 Å². The number of benzene rings is 2. The van der Waals surface area contributed by atoms with E-state index in [4.69, 9.17) is 4.74 Å². The van der Waals surface area contributed by atoms with Crippen LogP contribution < -0.4 is 10.1 Å². The van der Waals surface area contributed by atoms with Gasteiger partial charge in [-0.1, -0.05) is 18.2 Å². The van der Waals surface area contributed by atoms with E-state index in [0.29, 0.717) is 0 Å². The molecule has 0 radical (unpaired) electrons. The summed E-state index contributed by atoms with van der Waals surface area (Å²) in [7, 11) is 0. The van der Waals surface area contributed by atoms with E-state index in [9.17, 15) is 4.79 Å². The number of fused-ring (bicyclic) bond motifs is 1. The molecule has 0 spiro atoms. The average molecular weight is 364 g/mol. The summed E-state index contributed by atoms with van der Waals surface area (Å²) in [6.07, 6.45) is 2.54. The van der Waals surface area contributed by atoms with Crippen LogP contribution in [0.5, 0.6) is 11.5 Å². The van der Waals surface area contributed by atoms with Crippen LogP contribution in [0.25, 0.3) is 0 Å². The van der Waals surface area contributed by atoms with Crippen molar-refractivity contribution in [1.29, 1.82) is 0 Å². The van der Waals surface area contributed by atoms with E-state index >= 15 is 0 Å². The van der Waals surface area contributed by atoms with Crippen molar-refractivity contribution in [1.82, 2.24) is 4.98 Å². The first kappa shape index (κ1) is 16.8. The van der Waals surface area contributed by atoms with Gasteiger partial charge in [-0.2, -0.15) is 0 Å². The molecule has 0 bridgehead atoms. The van der Waals surface area contributed by atoms with Gasteiger partial charge in [-0.25, -0.2) is 4.98 Å². The summed E-state index contributed by atoms with van der Waals surface area (Å²) in [6.45, 7) is 2.02. The number of nitrogens with one attached hydrogen (secondary N) is 1. The molecule has 1 aliphatic carbocycles. The second-order valence-corrected chi connectivity index (χ2v) is 7.76. The summed E-state index contributed by atoms with van der Waals surface area (Å²) >= 11 is 1.71. The number of amides is 1. The number of aryl methyl sites for hydroxylation is 2. The van der Waals surface area contributed by atoms with Gasteiger partial charge in [0.1, 0.15) is 11.5 Å². The van der Waals surface area contributed by atoms with Crippen LogP contribution in [0, 0.1) is 12.8 Å². The van der Waals surface area contributed by atoms with Crippen molar-refractivity contribution in [3.63, 3.8) is 0 Å². The number of nitrogens with zero attached hydrogens (tertiary/aromatic N) is 1. The molecule has 0 fully saturated rings. The normalized spacial score (nSPS) is 16.0. The molecule has 0 saturated carbocycles. The largest absolute Gasteiger partial charge is 0.457 e. The number of carbonyl (C=O) groups is 1. The number of thiazole rings is 1. The Morgan fingerprint density at radius 2 is 1.85 bits per heavy atom. The van der Waals surface area contributed by atoms with Crippen LogP contribution >= 0.6 is 11.3 Å². The molecule has 0 saturated heterocycles. The minimum atomic E-state index is 0.0163. The highest BCUT2D eigenvalue weighted by Crippen LogP contribution is 2.30. The molecule has 5 heteroatoms. The molecule has 4 nitrogen and oxygen atoms in total. The lowest BCUT2D eigenvalue weighted by molar-refractivity contribution is -0.120. The van der Waals surface area contributed by atoms with Gasteiger partial charge in [-0.15, -0.1) is 11.3 Å². The van der Waals surface area contributed by atoms with E-state index < -0.39 is 0 Å². The summed E-state index contributed by atoms with van der Waals surface area (Å²) < 4.78 is 5.78. The smallest absolute Gasteiger partial charge is 0.227 e. The standard InChI is InChI=1S/C21H20N2O2S/c1-14-22-19-12-7-15(13-20(19)26-14)21(24)23-16-8-10-18(11-9-16)25-17-5-3-2-4-6-17/h2-6,8-11,15H,7,12-13H2,1H3,(H,23,24). The third-order valence-electron chi connectivity index (χ3n) is 4.52. The molecule has 132 valence electrons. The van der Waals surface area contributed by atoms with Crippen molar-refractivity contribution in [2.75, 3.05) is 5.32 Å². The third-order valence-corrected chi connectivity index (χ3v) is 5.55. The summed E-state index contributed by atoms with van der Waals surface area (Å²) in [5, 5.41) is 4.12. The number of para-hydroxylation sites is 1. The molecule has 1 N–H and O–H groups in total. The zero-order valence-corrected chi connectivity index (χ0v) is 15.4. The van der Waals surface area contributed by atoms with Gasteiger partial charge in [-0.3, -0.25) is 4.79 Å². The molecular formula is C21H20N2O2S. The summed E-state index contributed by atoms with van der Waals surface area (Å²) in [4.78, 5) is 18.4. The minimum absolute atomic E-state index is 0.0163. The van der Waals surface area contributed by atoms with Crippen LogP contribution in [0.3, 0.4) is 0 Å². The topological polar surface area (TPSA) is 51.2 Å². The van der Waals surface area contributed by atoms with Crippen LogP contribution in [-0.4, -0.2) is 10.9 Å². The zero-order valence-electron chi connectivity index (χ0n) is 14.6. The van der Waals surface area contributed by atoms with Gasteiger partial charge in [0, 0.05) is 16.5 Å². The quantitative estimate of drug-likeness (QED) is 0.710. The van der Waals surface area contributed by atoms with E-state index in [-0.39, 0.29) is 11.8 Å². The van der Waals surface area contributed by atoms with Crippen molar-refractivity contribution in [3.05, 3.63) is 70.2 Å². The molecule has 26 heavy (non-hydrogen) atoms. The van der Waals surface area contributed by atoms with Gasteiger partial charge in [-0.05, 0) is 62.6 Å². The maximum Gasteiger partial charge on any atom is 0.227 e. The Bertz CT molecular complexity index is 904. The Balaban J connectivity index is 1.37. The van der Waals surface area contributed by atoms with Crippen molar-refractivity contribution >= 4 is 22.9 Å². The Labute approximate surface area is 156 Å². The van der Waals surface area contributed by atoms with Gasteiger partial charge in [0.05, 0.1) is 10.7 Å². The van der Waals surface area contributed by atoms with Crippen molar-refractivity contribution in [2.24, 2.45) is 5.92 Å². The van der Waals surface area contributed by atoms with Crippen LogP contribution in [0.15, 0.2) is 54.6 Å². The molecule has 1 aliphatic rings. The SMILES string of the molecule is Cc1nc2c(s1)CC(C(=O)Nc1ccc(Oc3ccccc3)cc1)CC2. The number of ether oxygens (including phenoxy) is 1. The molecular weight excluding hydrogens is 344 g/mol. The monoisotopic (exact) mass is 364 g/mol. The highest BCUT2D eigenvalue weighted by molar-refractivity contribution is 7.11. The number of rotatable bonds is 4. The first-order valence-corrected chi connectivity index (χ1v) is 9.58. The van der Waals surface area contributed by atoms with E-state index in [2.05, 4.69) is 10.3 Å².